The highest BCUT2D eigenvalue weighted by Crippen LogP contribution is 2.33. The third kappa shape index (κ3) is 7.78. The number of hydrogen-bond acceptors (Lipinski definition) is 6. The molecule has 1 atom stereocenters. The van der Waals surface area contributed by atoms with Crippen LogP contribution in [-0.4, -0.2) is 58.0 Å². The summed E-state index contributed by atoms with van der Waals surface area (Å²) in [7, 11) is -1.38. The first-order valence-electron chi connectivity index (χ1n) is 14.4. The SMILES string of the molecule is CC[C@H](C(=O)NC1CCCC1)N(Cc1ccc(Cl)cc1Cl)C(=O)CN(c1ccccc1OC)S(=O)(=O)c1ccc(OC)cc1. The summed E-state index contributed by atoms with van der Waals surface area (Å²) >= 11 is 12.6. The van der Waals surface area contributed by atoms with Crippen molar-refractivity contribution in [1.29, 1.82) is 0 Å². The number of para-hydroxylation sites is 2. The van der Waals surface area contributed by atoms with Gasteiger partial charge < -0.3 is 19.7 Å². The number of benzene rings is 3. The van der Waals surface area contributed by atoms with E-state index in [1.807, 2.05) is 6.92 Å². The van der Waals surface area contributed by atoms with Crippen molar-refractivity contribution >= 4 is 50.7 Å². The molecule has 1 saturated carbocycles. The summed E-state index contributed by atoms with van der Waals surface area (Å²) in [5.41, 5.74) is 0.741. The van der Waals surface area contributed by atoms with Crippen molar-refractivity contribution < 1.29 is 27.5 Å². The lowest BCUT2D eigenvalue weighted by molar-refractivity contribution is -0.140. The van der Waals surface area contributed by atoms with Crippen molar-refractivity contribution in [3.63, 3.8) is 0 Å². The Morgan fingerprint density at radius 3 is 2.27 bits per heavy atom. The van der Waals surface area contributed by atoms with Gasteiger partial charge in [-0.2, -0.15) is 0 Å². The van der Waals surface area contributed by atoms with E-state index >= 15 is 0 Å². The topological polar surface area (TPSA) is 105 Å². The van der Waals surface area contributed by atoms with E-state index in [1.165, 1.54) is 43.4 Å². The van der Waals surface area contributed by atoms with E-state index in [0.29, 0.717) is 27.8 Å². The number of rotatable bonds is 13. The number of carbonyl (C=O) groups is 2. The van der Waals surface area contributed by atoms with Gasteiger partial charge in [0.1, 0.15) is 24.1 Å². The first-order valence-corrected chi connectivity index (χ1v) is 16.6. The standard InChI is InChI=1S/C32H37Cl2N3O6S/c1-4-28(32(39)35-24-9-5-6-10-24)36(20-22-13-14-23(33)19-27(22)34)31(38)21-37(29-11-7-8-12-30(29)43-3)44(40,41)26-17-15-25(42-2)16-18-26/h7-8,11-19,24,28H,4-6,9-10,20-21H2,1-3H3,(H,35,39)/t28-/m1/s1. The van der Waals surface area contributed by atoms with Crippen LogP contribution in [0.2, 0.25) is 10.0 Å². The summed E-state index contributed by atoms with van der Waals surface area (Å²) in [4.78, 5) is 29.3. The maximum Gasteiger partial charge on any atom is 0.264 e. The Labute approximate surface area is 269 Å². The Bertz CT molecular complexity index is 1560. The molecule has 4 rings (SSSR count). The van der Waals surface area contributed by atoms with Crippen LogP contribution in [-0.2, 0) is 26.2 Å². The molecule has 12 heteroatoms. The summed E-state index contributed by atoms with van der Waals surface area (Å²) < 4.78 is 40.0. The Morgan fingerprint density at radius 2 is 1.66 bits per heavy atom. The molecule has 0 aromatic heterocycles. The van der Waals surface area contributed by atoms with E-state index in [2.05, 4.69) is 5.32 Å². The lowest BCUT2D eigenvalue weighted by Gasteiger charge is -2.34. The van der Waals surface area contributed by atoms with Crippen LogP contribution in [0.15, 0.2) is 71.6 Å². The molecule has 2 amide bonds. The van der Waals surface area contributed by atoms with Gasteiger partial charge in [0, 0.05) is 22.6 Å². The molecular formula is C32H37Cl2N3O6S. The van der Waals surface area contributed by atoms with Gasteiger partial charge in [0.15, 0.2) is 0 Å². The summed E-state index contributed by atoms with van der Waals surface area (Å²) in [5, 5.41) is 3.85. The average Bonchev–Trinajstić information content (AvgIpc) is 3.53. The minimum Gasteiger partial charge on any atom is -0.497 e. The van der Waals surface area contributed by atoms with Crippen LogP contribution in [0.25, 0.3) is 0 Å². The Kier molecular flexibility index (Phi) is 11.4. The van der Waals surface area contributed by atoms with E-state index < -0.39 is 28.5 Å². The first kappa shape index (κ1) is 33.4. The molecule has 1 fully saturated rings. The molecule has 0 saturated heterocycles. The van der Waals surface area contributed by atoms with Crippen LogP contribution >= 0.6 is 23.2 Å². The zero-order chi connectivity index (χ0) is 31.9. The Balaban J connectivity index is 1.76. The zero-order valence-corrected chi connectivity index (χ0v) is 27.3. The highest BCUT2D eigenvalue weighted by Gasteiger charge is 2.35. The van der Waals surface area contributed by atoms with E-state index in [1.54, 1.807) is 42.5 Å². The zero-order valence-electron chi connectivity index (χ0n) is 25.0. The number of carbonyl (C=O) groups excluding carboxylic acids is 2. The number of halogens is 2. The van der Waals surface area contributed by atoms with Crippen molar-refractivity contribution in [2.75, 3.05) is 25.1 Å². The van der Waals surface area contributed by atoms with Crippen molar-refractivity contribution in [3.05, 3.63) is 82.3 Å². The van der Waals surface area contributed by atoms with Crippen molar-refractivity contribution in [3.8, 4) is 11.5 Å². The number of ether oxygens (including phenoxy) is 2. The molecule has 1 aliphatic rings. The molecule has 0 aliphatic heterocycles. The molecule has 0 bridgehead atoms. The molecule has 3 aromatic rings. The fourth-order valence-corrected chi connectivity index (χ4v) is 7.24. The van der Waals surface area contributed by atoms with Gasteiger partial charge in [-0.15, -0.1) is 0 Å². The maximum absolute atomic E-state index is 14.3. The van der Waals surface area contributed by atoms with Crippen LogP contribution in [0.4, 0.5) is 5.69 Å². The summed E-state index contributed by atoms with van der Waals surface area (Å²) in [6, 6.07) is 16.5. The molecule has 1 N–H and O–H groups in total. The molecule has 0 unspecified atom stereocenters. The van der Waals surface area contributed by atoms with Gasteiger partial charge in [-0.05, 0) is 73.4 Å². The van der Waals surface area contributed by atoms with Gasteiger partial charge in [-0.1, -0.05) is 61.2 Å². The van der Waals surface area contributed by atoms with Crippen LogP contribution in [0, 0.1) is 0 Å². The number of anilines is 1. The minimum absolute atomic E-state index is 0.0340. The second kappa shape index (κ2) is 15.0. The van der Waals surface area contributed by atoms with Gasteiger partial charge >= 0.3 is 0 Å². The number of amides is 2. The molecule has 3 aromatic carbocycles. The molecule has 0 radical (unpaired) electrons. The molecule has 9 nitrogen and oxygen atoms in total. The van der Waals surface area contributed by atoms with Crippen LogP contribution < -0.4 is 19.1 Å². The van der Waals surface area contributed by atoms with Gasteiger partial charge in [0.05, 0.1) is 24.8 Å². The van der Waals surface area contributed by atoms with Gasteiger partial charge in [0.2, 0.25) is 11.8 Å². The molecule has 0 heterocycles. The van der Waals surface area contributed by atoms with E-state index in [9.17, 15) is 18.0 Å². The fourth-order valence-electron chi connectivity index (χ4n) is 5.34. The van der Waals surface area contributed by atoms with Gasteiger partial charge in [0.25, 0.3) is 10.0 Å². The predicted octanol–water partition coefficient (Wildman–Crippen LogP) is 6.07. The van der Waals surface area contributed by atoms with E-state index in [-0.39, 0.29) is 34.8 Å². The number of hydrogen-bond donors (Lipinski definition) is 1. The van der Waals surface area contributed by atoms with Crippen molar-refractivity contribution in [1.82, 2.24) is 10.2 Å². The summed E-state index contributed by atoms with van der Waals surface area (Å²) in [5.74, 6) is -0.142. The maximum atomic E-state index is 14.3. The Morgan fingerprint density at radius 1 is 0.977 bits per heavy atom. The lowest BCUT2D eigenvalue weighted by atomic mass is 10.1. The lowest BCUT2D eigenvalue weighted by Crippen LogP contribution is -2.53. The van der Waals surface area contributed by atoms with Crippen molar-refractivity contribution in [2.45, 2.75) is 62.6 Å². The quantitative estimate of drug-likeness (QED) is 0.238. The Hall–Kier alpha value is -3.47. The van der Waals surface area contributed by atoms with Gasteiger partial charge in [-0.3, -0.25) is 13.9 Å². The molecule has 0 spiro atoms. The smallest absolute Gasteiger partial charge is 0.264 e. The normalized spacial score (nSPS) is 14.1. The minimum atomic E-state index is -4.29. The predicted molar refractivity (Wildman–Crippen MR) is 172 cm³/mol. The molecule has 1 aliphatic carbocycles. The average molecular weight is 663 g/mol. The third-order valence-corrected chi connectivity index (χ3v) is 10.1. The molecule has 44 heavy (non-hydrogen) atoms. The van der Waals surface area contributed by atoms with Crippen LogP contribution in [0.3, 0.4) is 0 Å². The first-order chi connectivity index (χ1) is 21.1. The second-order valence-corrected chi connectivity index (χ2v) is 13.2. The molecular weight excluding hydrogens is 625 g/mol. The second-order valence-electron chi connectivity index (χ2n) is 10.5. The van der Waals surface area contributed by atoms with Gasteiger partial charge in [-0.25, -0.2) is 8.42 Å². The molecule has 236 valence electrons. The van der Waals surface area contributed by atoms with Crippen LogP contribution in [0.1, 0.15) is 44.6 Å². The highest BCUT2D eigenvalue weighted by atomic mass is 35.5. The van der Waals surface area contributed by atoms with E-state index in [0.717, 1.165) is 30.0 Å². The monoisotopic (exact) mass is 661 g/mol. The summed E-state index contributed by atoms with van der Waals surface area (Å²) in [6.07, 6.45) is 4.11. The van der Waals surface area contributed by atoms with E-state index in [4.69, 9.17) is 32.7 Å². The summed E-state index contributed by atoms with van der Waals surface area (Å²) in [6.45, 7) is 1.18. The highest BCUT2D eigenvalue weighted by molar-refractivity contribution is 7.92. The fraction of sp³-hybridized carbons (Fsp3) is 0.375. The largest absolute Gasteiger partial charge is 0.497 e. The number of nitrogens with zero attached hydrogens (tertiary/aromatic N) is 2. The van der Waals surface area contributed by atoms with Crippen molar-refractivity contribution in [2.24, 2.45) is 0 Å². The number of nitrogens with one attached hydrogen (secondary N) is 1. The third-order valence-electron chi connectivity index (χ3n) is 7.72. The van der Waals surface area contributed by atoms with Crippen LogP contribution in [0.5, 0.6) is 11.5 Å². The number of sulfonamides is 1. The number of methoxy groups -OCH3 is 2.